The lowest BCUT2D eigenvalue weighted by Gasteiger charge is -2.26. The minimum Gasteiger partial charge on any atom is -0.390 e. The van der Waals surface area contributed by atoms with E-state index in [1.54, 1.807) is 4.99 Å². The highest BCUT2D eigenvalue weighted by Crippen LogP contribution is 2.33. The molecule has 0 aromatic carbocycles. The van der Waals surface area contributed by atoms with Gasteiger partial charge in [-0.1, -0.05) is 38.8 Å². The van der Waals surface area contributed by atoms with Crippen molar-refractivity contribution in [2.24, 2.45) is 0 Å². The average molecular weight is 426 g/mol. The highest BCUT2D eigenvalue weighted by Gasteiger charge is 2.41. The topological polar surface area (TPSA) is 58.9 Å². The molecule has 0 saturated carbocycles. The zero-order valence-corrected chi connectivity index (χ0v) is 15.2. The second-order valence-electron chi connectivity index (χ2n) is 5.63. The van der Waals surface area contributed by atoms with Crippen LogP contribution in [0.2, 0.25) is 0 Å². The summed E-state index contributed by atoms with van der Waals surface area (Å²) in [5.41, 5.74) is 2.96. The molecule has 0 unspecified atom stereocenters. The molecular formula is C15H22Br2O4. The average Bonchev–Trinajstić information content (AvgIpc) is 2.84. The molecule has 2 fully saturated rings. The molecule has 0 spiro atoms. The van der Waals surface area contributed by atoms with Crippen LogP contribution >= 0.6 is 31.9 Å². The summed E-state index contributed by atoms with van der Waals surface area (Å²) in [5.74, 6) is 0. The van der Waals surface area contributed by atoms with Crippen molar-refractivity contribution in [2.75, 3.05) is 0 Å². The van der Waals surface area contributed by atoms with E-state index in [1.807, 2.05) is 6.08 Å². The van der Waals surface area contributed by atoms with Gasteiger partial charge in [0.25, 0.3) is 0 Å². The predicted octanol–water partition coefficient (Wildman–Crippen LogP) is 2.65. The Morgan fingerprint density at radius 2 is 1.81 bits per heavy atom. The van der Waals surface area contributed by atoms with Gasteiger partial charge in [0.1, 0.15) is 0 Å². The van der Waals surface area contributed by atoms with Gasteiger partial charge in [0.2, 0.25) is 0 Å². The standard InChI is InChI=1S/C15H22Br2O4/c1-2-13-10(17)7-11(18)12(19)8-15-14(21-13)6-9(20-15)4-3-5-16/h4-5,9-15,18-19H,2,6-8H2,1H3/t3?,9-,10+,11-,12-,13-,14-,15-/m1/s1. The fraction of sp³-hybridized carbons (Fsp3) is 0.800. The zero-order chi connectivity index (χ0) is 15.4. The summed E-state index contributed by atoms with van der Waals surface area (Å²) in [4.78, 5) is 1.69. The van der Waals surface area contributed by atoms with Crippen molar-refractivity contribution in [2.45, 2.75) is 74.1 Å². The van der Waals surface area contributed by atoms with Crippen molar-refractivity contribution in [3.05, 3.63) is 16.8 Å². The number of fused-ring (bicyclic) bond motifs is 1. The van der Waals surface area contributed by atoms with Crippen molar-refractivity contribution in [1.29, 1.82) is 0 Å². The molecule has 2 aliphatic rings. The highest BCUT2D eigenvalue weighted by atomic mass is 79.9. The van der Waals surface area contributed by atoms with E-state index in [0.717, 1.165) is 12.8 Å². The first-order valence-electron chi connectivity index (χ1n) is 7.37. The van der Waals surface area contributed by atoms with Crippen LogP contribution in [0, 0.1) is 0 Å². The molecular weight excluding hydrogens is 404 g/mol. The van der Waals surface area contributed by atoms with Crippen LogP contribution in [0.15, 0.2) is 16.8 Å². The maximum atomic E-state index is 10.1. The molecule has 2 aliphatic heterocycles. The van der Waals surface area contributed by atoms with E-state index in [0.29, 0.717) is 12.8 Å². The van der Waals surface area contributed by atoms with Crippen molar-refractivity contribution >= 4 is 31.9 Å². The van der Waals surface area contributed by atoms with Crippen LogP contribution in [0.5, 0.6) is 0 Å². The molecule has 2 rings (SSSR count). The summed E-state index contributed by atoms with van der Waals surface area (Å²) in [6.45, 7) is 2.06. The van der Waals surface area contributed by atoms with E-state index < -0.39 is 12.2 Å². The lowest BCUT2D eigenvalue weighted by Crippen LogP contribution is -2.33. The lowest BCUT2D eigenvalue weighted by molar-refractivity contribution is -0.0673. The number of rotatable bonds is 2. The molecule has 0 radical (unpaired) electrons. The van der Waals surface area contributed by atoms with E-state index in [4.69, 9.17) is 9.47 Å². The van der Waals surface area contributed by atoms with Gasteiger partial charge in [-0.2, -0.15) is 0 Å². The minimum atomic E-state index is -0.786. The third kappa shape index (κ3) is 4.64. The first-order valence-corrected chi connectivity index (χ1v) is 9.20. The van der Waals surface area contributed by atoms with Gasteiger partial charge in [-0.15, -0.1) is 5.73 Å². The van der Waals surface area contributed by atoms with E-state index in [9.17, 15) is 10.2 Å². The number of alkyl halides is 1. The van der Waals surface area contributed by atoms with Crippen LogP contribution in [0.25, 0.3) is 0 Å². The van der Waals surface area contributed by atoms with Gasteiger partial charge < -0.3 is 19.7 Å². The van der Waals surface area contributed by atoms with Gasteiger partial charge in [0, 0.05) is 22.7 Å². The molecule has 2 heterocycles. The van der Waals surface area contributed by atoms with Gasteiger partial charge >= 0.3 is 0 Å². The quantitative estimate of drug-likeness (QED) is 0.527. The molecule has 6 heteroatoms. The molecule has 2 saturated heterocycles. The van der Waals surface area contributed by atoms with Crippen LogP contribution in [0.3, 0.4) is 0 Å². The number of aliphatic hydroxyl groups excluding tert-OH is 2. The van der Waals surface area contributed by atoms with Crippen LogP contribution in [0.4, 0.5) is 0 Å². The third-order valence-electron chi connectivity index (χ3n) is 4.11. The van der Waals surface area contributed by atoms with Gasteiger partial charge in [0.15, 0.2) is 0 Å². The normalized spacial score (nSPS) is 44.0. The molecule has 4 nitrogen and oxygen atoms in total. The Balaban J connectivity index is 2.14. The molecule has 2 N–H and O–H groups in total. The molecule has 0 aliphatic carbocycles. The smallest absolute Gasteiger partial charge is 0.0871 e. The molecule has 0 aromatic heterocycles. The zero-order valence-electron chi connectivity index (χ0n) is 12.0. The Bertz CT molecular complexity index is 397. The SMILES string of the molecule is CC[C@H]1O[C@@H]2C[C@@H](C=C=CBr)O[C@@H]2C[C@@H](O)[C@H](O)C[C@@H]1Br. The predicted molar refractivity (Wildman–Crippen MR) is 87.8 cm³/mol. The van der Waals surface area contributed by atoms with Crippen LogP contribution < -0.4 is 0 Å². The Morgan fingerprint density at radius 3 is 2.48 bits per heavy atom. The van der Waals surface area contributed by atoms with Crippen LogP contribution in [0.1, 0.15) is 32.6 Å². The van der Waals surface area contributed by atoms with E-state index in [2.05, 4.69) is 44.5 Å². The molecule has 0 bridgehead atoms. The summed E-state index contributed by atoms with van der Waals surface area (Å²) < 4.78 is 12.1. The number of ether oxygens (including phenoxy) is 2. The Hall–Kier alpha value is 0.320. The Labute approximate surface area is 142 Å². The maximum absolute atomic E-state index is 10.1. The molecule has 21 heavy (non-hydrogen) atoms. The molecule has 0 amide bonds. The fourth-order valence-corrected chi connectivity index (χ4v) is 3.98. The number of aliphatic hydroxyl groups is 2. The van der Waals surface area contributed by atoms with Crippen molar-refractivity contribution in [1.82, 2.24) is 0 Å². The molecule has 0 aromatic rings. The second-order valence-corrected chi connectivity index (χ2v) is 7.27. The summed E-state index contributed by atoms with van der Waals surface area (Å²) in [6, 6.07) is 0. The Morgan fingerprint density at radius 1 is 1.14 bits per heavy atom. The maximum Gasteiger partial charge on any atom is 0.0871 e. The number of hydrogen-bond donors (Lipinski definition) is 2. The first-order chi connectivity index (χ1) is 10.0. The summed E-state index contributed by atoms with van der Waals surface area (Å²) >= 11 is 6.77. The number of halogens is 2. The first kappa shape index (κ1) is 17.7. The minimum absolute atomic E-state index is 0.00972. The monoisotopic (exact) mass is 424 g/mol. The van der Waals surface area contributed by atoms with Crippen molar-refractivity contribution in [3.63, 3.8) is 0 Å². The lowest BCUT2D eigenvalue weighted by atomic mass is 10.00. The summed E-state index contributed by atoms with van der Waals surface area (Å²) in [7, 11) is 0. The van der Waals surface area contributed by atoms with Crippen LogP contribution in [-0.2, 0) is 9.47 Å². The van der Waals surface area contributed by atoms with Crippen molar-refractivity contribution < 1.29 is 19.7 Å². The summed E-state index contributed by atoms with van der Waals surface area (Å²) in [5, 5.41) is 20.2. The highest BCUT2D eigenvalue weighted by molar-refractivity contribution is 9.11. The van der Waals surface area contributed by atoms with Crippen molar-refractivity contribution in [3.8, 4) is 0 Å². The number of hydrogen-bond acceptors (Lipinski definition) is 4. The molecule has 7 atom stereocenters. The van der Waals surface area contributed by atoms with Gasteiger partial charge in [-0.05, 0) is 18.9 Å². The van der Waals surface area contributed by atoms with E-state index >= 15 is 0 Å². The van der Waals surface area contributed by atoms with Gasteiger partial charge in [0.05, 0.1) is 36.6 Å². The third-order valence-corrected chi connectivity index (χ3v) is 5.34. The van der Waals surface area contributed by atoms with Crippen LogP contribution in [-0.4, -0.2) is 51.7 Å². The van der Waals surface area contributed by atoms with Gasteiger partial charge in [-0.3, -0.25) is 0 Å². The fourth-order valence-electron chi connectivity index (χ4n) is 2.95. The molecule has 120 valence electrons. The van der Waals surface area contributed by atoms with E-state index in [-0.39, 0.29) is 29.2 Å². The second kappa shape index (κ2) is 8.25. The largest absolute Gasteiger partial charge is 0.390 e. The Kier molecular flexibility index (Phi) is 6.94. The van der Waals surface area contributed by atoms with E-state index in [1.165, 1.54) is 0 Å². The van der Waals surface area contributed by atoms with Gasteiger partial charge in [-0.25, -0.2) is 0 Å². The summed E-state index contributed by atoms with van der Waals surface area (Å²) in [6.07, 6.45) is 2.47.